The molecule has 0 aliphatic carbocycles. The Balaban J connectivity index is 2.16. The second kappa shape index (κ2) is 5.62. The molecule has 98 valence electrons. The van der Waals surface area contributed by atoms with Gasteiger partial charge >= 0.3 is 0 Å². The van der Waals surface area contributed by atoms with Gasteiger partial charge in [-0.15, -0.1) is 11.6 Å². The number of rotatable bonds is 1. The van der Waals surface area contributed by atoms with Gasteiger partial charge in [-0.1, -0.05) is 22.9 Å². The second-order valence-corrected chi connectivity index (χ2v) is 6.53. The highest BCUT2D eigenvalue weighted by Gasteiger charge is 2.27. The van der Waals surface area contributed by atoms with Gasteiger partial charge in [-0.3, -0.25) is 4.79 Å². The highest BCUT2D eigenvalue weighted by molar-refractivity contribution is 9.10. The quantitative estimate of drug-likeness (QED) is 0.716. The maximum atomic E-state index is 12.4. The van der Waals surface area contributed by atoms with E-state index in [4.69, 9.17) is 11.6 Å². The molecule has 1 aliphatic heterocycles. The van der Waals surface area contributed by atoms with Crippen molar-refractivity contribution in [3.8, 4) is 0 Å². The molecule has 1 aromatic rings. The Kier molecular flexibility index (Phi) is 4.33. The summed E-state index contributed by atoms with van der Waals surface area (Å²) in [5.74, 6) is 0.465. The molecule has 2 rings (SSSR count). The van der Waals surface area contributed by atoms with Gasteiger partial charge in [0.05, 0.1) is 0 Å². The van der Waals surface area contributed by atoms with Crippen LogP contribution >= 0.6 is 27.5 Å². The van der Waals surface area contributed by atoms with Gasteiger partial charge in [0.1, 0.15) is 0 Å². The lowest BCUT2D eigenvalue weighted by Gasteiger charge is -2.34. The van der Waals surface area contributed by atoms with Gasteiger partial charge in [-0.2, -0.15) is 0 Å². The summed E-state index contributed by atoms with van der Waals surface area (Å²) < 4.78 is 0.950. The number of carbonyl (C=O) groups is 1. The van der Waals surface area contributed by atoms with Gasteiger partial charge in [0.25, 0.3) is 5.91 Å². The lowest BCUT2D eigenvalue weighted by Crippen LogP contribution is -2.43. The molecule has 1 amide bonds. The standard InChI is InChI=1S/C14H17BrClNO/c1-9-5-11(7-12(15)6-9)14(18)17-4-3-13(16)10(2)8-17/h5-7,10,13H,3-4,8H2,1-2H3. The predicted molar refractivity (Wildman–Crippen MR) is 78.2 cm³/mol. The summed E-state index contributed by atoms with van der Waals surface area (Å²) in [4.78, 5) is 14.3. The number of hydrogen-bond donors (Lipinski definition) is 0. The van der Waals surface area contributed by atoms with Crippen LogP contribution in [0.4, 0.5) is 0 Å². The summed E-state index contributed by atoms with van der Waals surface area (Å²) in [6.45, 7) is 5.60. The number of carbonyl (C=O) groups excluding carboxylic acids is 1. The summed E-state index contributed by atoms with van der Waals surface area (Å²) in [6.07, 6.45) is 0.876. The van der Waals surface area contributed by atoms with Crippen LogP contribution in [0.25, 0.3) is 0 Å². The summed E-state index contributed by atoms with van der Waals surface area (Å²) in [6, 6.07) is 5.82. The minimum Gasteiger partial charge on any atom is -0.338 e. The third-order valence-electron chi connectivity index (χ3n) is 3.38. The Morgan fingerprint density at radius 2 is 2.17 bits per heavy atom. The van der Waals surface area contributed by atoms with Crippen molar-refractivity contribution in [1.29, 1.82) is 0 Å². The van der Waals surface area contributed by atoms with Gasteiger partial charge < -0.3 is 4.90 Å². The normalized spacial score (nSPS) is 24.1. The Labute approximate surface area is 121 Å². The van der Waals surface area contributed by atoms with Crippen molar-refractivity contribution in [2.75, 3.05) is 13.1 Å². The lowest BCUT2D eigenvalue weighted by molar-refractivity contribution is 0.0687. The van der Waals surface area contributed by atoms with Gasteiger partial charge in [-0.05, 0) is 43.0 Å². The number of benzene rings is 1. The van der Waals surface area contributed by atoms with Crippen molar-refractivity contribution >= 4 is 33.4 Å². The van der Waals surface area contributed by atoms with E-state index in [0.29, 0.717) is 5.92 Å². The molecular formula is C14H17BrClNO. The maximum Gasteiger partial charge on any atom is 0.253 e. The third kappa shape index (κ3) is 3.07. The summed E-state index contributed by atoms with van der Waals surface area (Å²) in [7, 11) is 0. The zero-order valence-corrected chi connectivity index (χ0v) is 13.0. The highest BCUT2D eigenvalue weighted by Crippen LogP contribution is 2.24. The first-order valence-corrected chi connectivity index (χ1v) is 7.41. The molecule has 1 aliphatic rings. The summed E-state index contributed by atoms with van der Waals surface area (Å²) in [5, 5.41) is 0.193. The fourth-order valence-electron chi connectivity index (χ4n) is 2.34. The molecule has 1 heterocycles. The number of halogens is 2. The number of likely N-dealkylation sites (tertiary alicyclic amines) is 1. The van der Waals surface area contributed by atoms with Crippen LogP contribution in [0.15, 0.2) is 22.7 Å². The zero-order valence-electron chi connectivity index (χ0n) is 10.6. The highest BCUT2D eigenvalue weighted by atomic mass is 79.9. The summed E-state index contributed by atoms with van der Waals surface area (Å²) in [5.41, 5.74) is 1.84. The van der Waals surface area contributed by atoms with Crippen LogP contribution in [-0.4, -0.2) is 29.3 Å². The van der Waals surface area contributed by atoms with Crippen molar-refractivity contribution in [3.63, 3.8) is 0 Å². The minimum atomic E-state index is 0.106. The molecule has 2 unspecified atom stereocenters. The fraction of sp³-hybridized carbons (Fsp3) is 0.500. The molecule has 2 atom stereocenters. The van der Waals surface area contributed by atoms with Crippen molar-refractivity contribution in [3.05, 3.63) is 33.8 Å². The Bertz CT molecular complexity index is 443. The van der Waals surface area contributed by atoms with Gasteiger partial charge in [-0.25, -0.2) is 0 Å². The number of aryl methyl sites for hydroxylation is 1. The van der Waals surface area contributed by atoms with E-state index in [1.165, 1.54) is 0 Å². The van der Waals surface area contributed by atoms with Gasteiger partial charge in [0.15, 0.2) is 0 Å². The van der Waals surface area contributed by atoms with E-state index in [-0.39, 0.29) is 11.3 Å². The molecule has 1 saturated heterocycles. The van der Waals surface area contributed by atoms with Crippen LogP contribution in [0.2, 0.25) is 0 Å². The van der Waals surface area contributed by atoms with Crippen LogP contribution < -0.4 is 0 Å². The monoisotopic (exact) mass is 329 g/mol. The lowest BCUT2D eigenvalue weighted by atomic mass is 9.98. The molecule has 0 radical (unpaired) electrons. The number of alkyl halides is 1. The first kappa shape index (κ1) is 13.9. The van der Waals surface area contributed by atoms with E-state index in [1.54, 1.807) is 0 Å². The van der Waals surface area contributed by atoms with Crippen molar-refractivity contribution in [2.45, 2.75) is 25.6 Å². The second-order valence-electron chi connectivity index (χ2n) is 5.05. The molecule has 2 nitrogen and oxygen atoms in total. The maximum absolute atomic E-state index is 12.4. The fourth-order valence-corrected chi connectivity index (χ4v) is 3.13. The van der Waals surface area contributed by atoms with E-state index < -0.39 is 0 Å². The molecule has 0 N–H and O–H groups in total. The molecule has 0 spiro atoms. The van der Waals surface area contributed by atoms with E-state index in [2.05, 4.69) is 22.9 Å². The molecule has 4 heteroatoms. The number of amides is 1. The molecule has 0 saturated carbocycles. The Morgan fingerprint density at radius 3 is 2.78 bits per heavy atom. The average Bonchev–Trinajstić information content (AvgIpc) is 2.30. The van der Waals surface area contributed by atoms with Crippen LogP contribution in [0, 0.1) is 12.8 Å². The predicted octanol–water partition coefficient (Wildman–Crippen LogP) is 3.85. The van der Waals surface area contributed by atoms with Gasteiger partial charge in [0.2, 0.25) is 0 Å². The molecule has 0 bridgehead atoms. The molecule has 18 heavy (non-hydrogen) atoms. The summed E-state index contributed by atoms with van der Waals surface area (Å²) >= 11 is 9.62. The largest absolute Gasteiger partial charge is 0.338 e. The van der Waals surface area contributed by atoms with E-state index in [0.717, 1.165) is 35.1 Å². The molecule has 0 aromatic heterocycles. The number of nitrogens with zero attached hydrogens (tertiary/aromatic N) is 1. The average molecular weight is 331 g/mol. The van der Waals surface area contributed by atoms with E-state index >= 15 is 0 Å². The Hall–Kier alpha value is -0.540. The number of hydrogen-bond acceptors (Lipinski definition) is 1. The minimum absolute atomic E-state index is 0.106. The zero-order chi connectivity index (χ0) is 13.3. The van der Waals surface area contributed by atoms with Crippen LogP contribution in [0.1, 0.15) is 29.3 Å². The van der Waals surface area contributed by atoms with Crippen LogP contribution in [0.5, 0.6) is 0 Å². The first-order valence-electron chi connectivity index (χ1n) is 6.18. The smallest absolute Gasteiger partial charge is 0.253 e. The SMILES string of the molecule is Cc1cc(Br)cc(C(=O)N2CCC(Cl)C(C)C2)c1. The molecule has 1 fully saturated rings. The van der Waals surface area contributed by atoms with Crippen LogP contribution in [0.3, 0.4) is 0 Å². The van der Waals surface area contributed by atoms with E-state index in [1.807, 2.05) is 30.0 Å². The van der Waals surface area contributed by atoms with Crippen molar-refractivity contribution < 1.29 is 4.79 Å². The topological polar surface area (TPSA) is 20.3 Å². The third-order valence-corrected chi connectivity index (χ3v) is 4.48. The van der Waals surface area contributed by atoms with Gasteiger partial charge in [0, 0.05) is 28.5 Å². The molecule has 1 aromatic carbocycles. The first-order chi connectivity index (χ1) is 8.47. The Morgan fingerprint density at radius 1 is 1.44 bits per heavy atom. The number of piperidine rings is 1. The van der Waals surface area contributed by atoms with Crippen LogP contribution in [-0.2, 0) is 0 Å². The van der Waals surface area contributed by atoms with Crippen molar-refractivity contribution in [1.82, 2.24) is 4.90 Å². The van der Waals surface area contributed by atoms with Crippen molar-refractivity contribution in [2.24, 2.45) is 5.92 Å². The van der Waals surface area contributed by atoms with E-state index in [9.17, 15) is 4.79 Å². The molecular weight excluding hydrogens is 314 g/mol.